The molecule has 6 nitrogen and oxygen atoms in total. The molecule has 3 aromatic rings. The van der Waals surface area contributed by atoms with E-state index in [0.29, 0.717) is 18.8 Å². The van der Waals surface area contributed by atoms with E-state index in [0.717, 1.165) is 11.1 Å². The van der Waals surface area contributed by atoms with Gasteiger partial charge < -0.3 is 23.7 Å². The Hall–Kier alpha value is -3.29. The minimum absolute atomic E-state index is 0.261. The quantitative estimate of drug-likeness (QED) is 0.269. The van der Waals surface area contributed by atoms with E-state index < -0.39 is 36.7 Å². The van der Waals surface area contributed by atoms with Gasteiger partial charge in [0.15, 0.2) is 12.4 Å². The fourth-order valence-corrected chi connectivity index (χ4v) is 4.11. The van der Waals surface area contributed by atoms with Crippen molar-refractivity contribution in [1.82, 2.24) is 0 Å². The molecule has 1 heterocycles. The van der Waals surface area contributed by atoms with Crippen LogP contribution >= 0.6 is 0 Å². The van der Waals surface area contributed by atoms with E-state index in [-0.39, 0.29) is 6.61 Å². The van der Waals surface area contributed by atoms with Gasteiger partial charge in [0, 0.05) is 0 Å². The molecule has 36 heavy (non-hydrogen) atoms. The summed E-state index contributed by atoms with van der Waals surface area (Å²) in [5.74, 6) is -0.459. The van der Waals surface area contributed by atoms with Crippen LogP contribution in [0.3, 0.4) is 0 Å². The topological polar surface area (TPSA) is 63.2 Å². The van der Waals surface area contributed by atoms with Gasteiger partial charge in [0.25, 0.3) is 0 Å². The summed E-state index contributed by atoms with van der Waals surface area (Å²) in [4.78, 5) is 13.1. The van der Waals surface area contributed by atoms with Crippen LogP contribution < -0.4 is 0 Å². The number of esters is 1. The lowest BCUT2D eigenvalue weighted by Gasteiger charge is -2.44. The summed E-state index contributed by atoms with van der Waals surface area (Å²) in [6.07, 6.45) is -1.63. The zero-order valence-electron chi connectivity index (χ0n) is 20.4. The summed E-state index contributed by atoms with van der Waals surface area (Å²) >= 11 is 0. The molecule has 0 N–H and O–H groups in total. The maximum absolute atomic E-state index is 13.1. The highest BCUT2D eigenvalue weighted by Crippen LogP contribution is 2.31. The Kier molecular flexibility index (Phi) is 9.41. The molecule has 6 heteroatoms. The van der Waals surface area contributed by atoms with Gasteiger partial charge in [0.05, 0.1) is 31.5 Å². The Balaban J connectivity index is 1.60. The monoisotopic (exact) mass is 488 g/mol. The van der Waals surface area contributed by atoms with Crippen molar-refractivity contribution in [2.75, 3.05) is 6.61 Å². The fourth-order valence-electron chi connectivity index (χ4n) is 4.11. The lowest BCUT2D eigenvalue weighted by molar-refractivity contribution is -0.308. The Bertz CT molecular complexity index is 1070. The van der Waals surface area contributed by atoms with Gasteiger partial charge >= 0.3 is 5.97 Å². The van der Waals surface area contributed by atoms with E-state index in [2.05, 4.69) is 6.58 Å². The summed E-state index contributed by atoms with van der Waals surface area (Å²) in [5, 5.41) is 0. The highest BCUT2D eigenvalue weighted by atomic mass is 16.7. The van der Waals surface area contributed by atoms with E-state index >= 15 is 0 Å². The average Bonchev–Trinajstić information content (AvgIpc) is 2.92. The summed E-state index contributed by atoms with van der Waals surface area (Å²) in [5.41, 5.74) is 2.43. The molecule has 0 unspecified atom stereocenters. The normalized spacial score (nSPS) is 23.6. The number of ether oxygens (including phenoxy) is 5. The second-order valence-electron chi connectivity index (χ2n) is 8.59. The van der Waals surface area contributed by atoms with Crippen molar-refractivity contribution in [2.24, 2.45) is 0 Å². The van der Waals surface area contributed by atoms with Crippen LogP contribution in [0.5, 0.6) is 0 Å². The standard InChI is InChI=1S/C30H32O6/c1-3-19-32-30-28(34-21-24-15-9-5-10-16-24)27(36-29(31)25-17-11-6-12-18-25)26(22(2)35-30)33-20-23-13-7-4-8-14-23/h3-18,22,26-28,30H,1,19-21H2,2H3/t22-,26+,27+,28-,30+/m0/s1. The van der Waals surface area contributed by atoms with Crippen molar-refractivity contribution in [1.29, 1.82) is 0 Å². The molecule has 0 radical (unpaired) electrons. The van der Waals surface area contributed by atoms with Gasteiger partial charge in [-0.2, -0.15) is 0 Å². The van der Waals surface area contributed by atoms with Crippen molar-refractivity contribution in [3.05, 3.63) is 120 Å². The van der Waals surface area contributed by atoms with Crippen LogP contribution in [0.25, 0.3) is 0 Å². The third kappa shape index (κ3) is 6.89. The third-order valence-electron chi connectivity index (χ3n) is 5.93. The van der Waals surface area contributed by atoms with Crippen LogP contribution in [0.1, 0.15) is 28.4 Å². The van der Waals surface area contributed by atoms with Gasteiger partial charge in [-0.15, -0.1) is 6.58 Å². The maximum Gasteiger partial charge on any atom is 0.338 e. The third-order valence-corrected chi connectivity index (χ3v) is 5.93. The molecular formula is C30H32O6. The summed E-state index contributed by atoms with van der Waals surface area (Å²) in [6, 6.07) is 28.5. The predicted octanol–water partition coefficient (Wildman–Crippen LogP) is 5.33. The molecule has 3 aromatic carbocycles. The molecule has 0 aromatic heterocycles. The van der Waals surface area contributed by atoms with Gasteiger partial charge in [-0.3, -0.25) is 0 Å². The van der Waals surface area contributed by atoms with Gasteiger partial charge in [0.2, 0.25) is 0 Å². The Morgan fingerprint density at radius 1 is 0.778 bits per heavy atom. The molecule has 0 saturated carbocycles. The van der Waals surface area contributed by atoms with Crippen LogP contribution in [0, 0.1) is 0 Å². The molecule has 1 aliphatic heterocycles. The van der Waals surface area contributed by atoms with Crippen LogP contribution in [0.4, 0.5) is 0 Å². The zero-order chi connectivity index (χ0) is 25.2. The Morgan fingerprint density at radius 2 is 1.31 bits per heavy atom. The van der Waals surface area contributed by atoms with Gasteiger partial charge in [-0.1, -0.05) is 84.9 Å². The van der Waals surface area contributed by atoms with E-state index in [1.165, 1.54) is 0 Å². The molecule has 1 fully saturated rings. The molecule has 188 valence electrons. The van der Waals surface area contributed by atoms with Crippen LogP contribution in [0.2, 0.25) is 0 Å². The molecule has 0 amide bonds. The Labute approximate surface area is 212 Å². The van der Waals surface area contributed by atoms with Gasteiger partial charge in [0.1, 0.15) is 12.2 Å². The first-order valence-electron chi connectivity index (χ1n) is 12.1. The minimum Gasteiger partial charge on any atom is -0.453 e. The molecule has 0 aliphatic carbocycles. The summed E-state index contributed by atoms with van der Waals surface area (Å²) < 4.78 is 30.8. The molecular weight excluding hydrogens is 456 g/mol. The number of hydrogen-bond donors (Lipinski definition) is 0. The summed E-state index contributed by atoms with van der Waals surface area (Å²) in [7, 11) is 0. The van der Waals surface area contributed by atoms with E-state index in [4.69, 9.17) is 23.7 Å². The second-order valence-corrected chi connectivity index (χ2v) is 8.59. The van der Waals surface area contributed by atoms with Gasteiger partial charge in [-0.05, 0) is 30.2 Å². The average molecular weight is 489 g/mol. The van der Waals surface area contributed by atoms with E-state index in [1.807, 2.05) is 73.7 Å². The first-order chi connectivity index (χ1) is 17.7. The molecule has 0 bridgehead atoms. The number of carbonyl (C=O) groups excluding carboxylic acids is 1. The highest BCUT2D eigenvalue weighted by molar-refractivity contribution is 5.89. The molecule has 1 saturated heterocycles. The number of rotatable bonds is 11. The summed E-state index contributed by atoms with van der Waals surface area (Å²) in [6.45, 7) is 6.51. The lowest BCUT2D eigenvalue weighted by Crippen LogP contribution is -2.60. The van der Waals surface area contributed by atoms with E-state index in [1.54, 1.807) is 30.3 Å². The number of benzene rings is 3. The van der Waals surface area contributed by atoms with Crippen molar-refractivity contribution in [3.63, 3.8) is 0 Å². The molecule has 1 aliphatic rings. The van der Waals surface area contributed by atoms with Crippen LogP contribution in [-0.4, -0.2) is 43.3 Å². The number of hydrogen-bond acceptors (Lipinski definition) is 6. The molecule has 4 rings (SSSR count). The van der Waals surface area contributed by atoms with Gasteiger partial charge in [-0.25, -0.2) is 4.79 Å². The predicted molar refractivity (Wildman–Crippen MR) is 136 cm³/mol. The number of carbonyl (C=O) groups is 1. The largest absolute Gasteiger partial charge is 0.453 e. The first-order valence-corrected chi connectivity index (χ1v) is 12.1. The smallest absolute Gasteiger partial charge is 0.338 e. The van der Waals surface area contributed by atoms with Crippen molar-refractivity contribution in [2.45, 2.75) is 50.8 Å². The molecule has 0 spiro atoms. The fraction of sp³-hybridized carbons (Fsp3) is 0.300. The SMILES string of the molecule is C=CCO[C@@H]1O[C@@H](C)[C@@H](OCc2ccccc2)[C@@H](OC(=O)c2ccccc2)[C@@H]1OCc1ccccc1. The highest BCUT2D eigenvalue weighted by Gasteiger charge is 2.49. The maximum atomic E-state index is 13.1. The van der Waals surface area contributed by atoms with Crippen molar-refractivity contribution < 1.29 is 28.5 Å². The minimum atomic E-state index is -0.774. The van der Waals surface area contributed by atoms with Crippen molar-refractivity contribution in [3.8, 4) is 0 Å². The van der Waals surface area contributed by atoms with Crippen LogP contribution in [-0.2, 0) is 36.9 Å². The lowest BCUT2D eigenvalue weighted by atomic mass is 9.98. The molecule has 5 atom stereocenters. The second kappa shape index (κ2) is 13.1. The van der Waals surface area contributed by atoms with E-state index in [9.17, 15) is 4.79 Å². The zero-order valence-corrected chi connectivity index (χ0v) is 20.4. The van der Waals surface area contributed by atoms with Crippen LogP contribution in [0.15, 0.2) is 104 Å². The Morgan fingerprint density at radius 3 is 1.86 bits per heavy atom. The first kappa shape index (κ1) is 25.8. The van der Waals surface area contributed by atoms with Crippen molar-refractivity contribution >= 4 is 5.97 Å².